The molecule has 7 nitrogen and oxygen atoms in total. The lowest BCUT2D eigenvalue weighted by molar-refractivity contribution is -0.125. The first kappa shape index (κ1) is 16.0. The summed E-state index contributed by atoms with van der Waals surface area (Å²) in [7, 11) is 0. The molecule has 0 aromatic heterocycles. The molecule has 0 radical (unpaired) electrons. The Hall–Kier alpha value is -2.41. The van der Waals surface area contributed by atoms with Gasteiger partial charge in [-0.1, -0.05) is 12.1 Å². The van der Waals surface area contributed by atoms with E-state index in [-0.39, 0.29) is 30.8 Å². The molecule has 0 saturated carbocycles. The summed E-state index contributed by atoms with van der Waals surface area (Å²) in [6.45, 7) is 0.840. The number of nitrogens with zero attached hydrogens (tertiary/aromatic N) is 1. The molecule has 0 bridgehead atoms. The number of hydrogen-bond acceptors (Lipinski definition) is 4. The zero-order valence-electron chi connectivity index (χ0n) is 12.3. The minimum absolute atomic E-state index is 0.0969. The van der Waals surface area contributed by atoms with Gasteiger partial charge in [-0.25, -0.2) is 0 Å². The van der Waals surface area contributed by atoms with Gasteiger partial charge in [0.15, 0.2) is 0 Å². The first-order valence-electron chi connectivity index (χ1n) is 7.23. The van der Waals surface area contributed by atoms with Crippen LogP contribution >= 0.6 is 0 Å². The molecule has 1 saturated heterocycles. The van der Waals surface area contributed by atoms with Crippen LogP contribution in [0.2, 0.25) is 0 Å². The predicted molar refractivity (Wildman–Crippen MR) is 81.9 cm³/mol. The van der Waals surface area contributed by atoms with E-state index in [9.17, 15) is 14.4 Å². The van der Waals surface area contributed by atoms with Gasteiger partial charge in [0.05, 0.1) is 13.1 Å². The van der Waals surface area contributed by atoms with Gasteiger partial charge in [-0.05, 0) is 24.1 Å². The van der Waals surface area contributed by atoms with Crippen molar-refractivity contribution in [3.63, 3.8) is 0 Å². The van der Waals surface area contributed by atoms with E-state index in [1.165, 1.54) is 0 Å². The maximum absolute atomic E-state index is 11.7. The maximum atomic E-state index is 11.7. The Morgan fingerprint density at radius 2 is 2.05 bits per heavy atom. The number of rotatable bonds is 6. The number of nitrogens with one attached hydrogen (secondary N) is 2. The highest BCUT2D eigenvalue weighted by Gasteiger charge is 2.21. The minimum Gasteiger partial charge on any atom is -0.350 e. The molecule has 0 spiro atoms. The van der Waals surface area contributed by atoms with Crippen LogP contribution in [0.1, 0.15) is 18.4 Å². The van der Waals surface area contributed by atoms with Gasteiger partial charge in [0.2, 0.25) is 17.7 Å². The molecule has 4 N–H and O–H groups in total. The second kappa shape index (κ2) is 7.56. The Kier molecular flexibility index (Phi) is 5.48. The average molecular weight is 304 g/mol. The molecule has 3 amide bonds. The summed E-state index contributed by atoms with van der Waals surface area (Å²) in [5.74, 6) is -0.528. The van der Waals surface area contributed by atoms with Crippen LogP contribution in [0.4, 0.5) is 5.69 Å². The Morgan fingerprint density at radius 1 is 1.23 bits per heavy atom. The molecule has 0 atom stereocenters. The SMILES string of the molecule is NCC(=O)NCC(=O)NCc1cccc(N2CCCC2=O)c1. The van der Waals surface area contributed by atoms with Crippen LogP contribution in [-0.2, 0) is 20.9 Å². The van der Waals surface area contributed by atoms with Gasteiger partial charge in [-0.2, -0.15) is 0 Å². The van der Waals surface area contributed by atoms with Gasteiger partial charge in [-0.15, -0.1) is 0 Å². The Labute approximate surface area is 128 Å². The van der Waals surface area contributed by atoms with Crippen molar-refractivity contribution in [2.45, 2.75) is 19.4 Å². The van der Waals surface area contributed by atoms with Crippen molar-refractivity contribution in [1.82, 2.24) is 10.6 Å². The van der Waals surface area contributed by atoms with Gasteiger partial charge < -0.3 is 21.3 Å². The Bertz CT molecular complexity index is 574. The third kappa shape index (κ3) is 4.29. The molecule has 1 fully saturated rings. The summed E-state index contributed by atoms with van der Waals surface area (Å²) in [4.78, 5) is 36.1. The third-order valence-electron chi connectivity index (χ3n) is 3.42. The fourth-order valence-corrected chi connectivity index (χ4v) is 2.27. The predicted octanol–water partition coefficient (Wildman–Crippen LogP) is -0.495. The second-order valence-electron chi connectivity index (χ2n) is 5.08. The molecule has 1 aliphatic rings. The van der Waals surface area contributed by atoms with Crippen LogP contribution in [0.25, 0.3) is 0 Å². The topological polar surface area (TPSA) is 105 Å². The molecule has 2 rings (SSSR count). The van der Waals surface area contributed by atoms with Gasteiger partial charge in [0.25, 0.3) is 0 Å². The number of carbonyl (C=O) groups excluding carboxylic acids is 3. The highest BCUT2D eigenvalue weighted by molar-refractivity contribution is 5.95. The second-order valence-corrected chi connectivity index (χ2v) is 5.08. The highest BCUT2D eigenvalue weighted by Crippen LogP contribution is 2.22. The number of benzene rings is 1. The number of nitrogens with two attached hydrogens (primary N) is 1. The van der Waals surface area contributed by atoms with E-state index in [0.29, 0.717) is 13.0 Å². The van der Waals surface area contributed by atoms with Crippen LogP contribution in [0.5, 0.6) is 0 Å². The fraction of sp³-hybridized carbons (Fsp3) is 0.400. The molecule has 118 valence electrons. The Morgan fingerprint density at radius 3 is 2.73 bits per heavy atom. The van der Waals surface area contributed by atoms with Crippen molar-refractivity contribution < 1.29 is 14.4 Å². The number of amides is 3. The molecule has 1 heterocycles. The lowest BCUT2D eigenvalue weighted by atomic mass is 10.2. The van der Waals surface area contributed by atoms with Crippen molar-refractivity contribution in [3.05, 3.63) is 29.8 Å². The first-order chi connectivity index (χ1) is 10.6. The monoisotopic (exact) mass is 304 g/mol. The molecule has 7 heteroatoms. The largest absolute Gasteiger partial charge is 0.350 e. The zero-order valence-corrected chi connectivity index (χ0v) is 12.3. The lowest BCUT2D eigenvalue weighted by Crippen LogP contribution is -2.39. The first-order valence-corrected chi connectivity index (χ1v) is 7.23. The van der Waals surface area contributed by atoms with Crippen LogP contribution in [-0.4, -0.2) is 37.4 Å². The van der Waals surface area contributed by atoms with Crippen LogP contribution in [0.15, 0.2) is 24.3 Å². The van der Waals surface area contributed by atoms with E-state index in [1.807, 2.05) is 24.3 Å². The molecular formula is C15H20N4O3. The normalized spacial score (nSPS) is 14.0. The molecule has 22 heavy (non-hydrogen) atoms. The number of carbonyl (C=O) groups is 3. The van der Waals surface area contributed by atoms with E-state index in [0.717, 1.165) is 24.2 Å². The molecule has 1 aromatic rings. The lowest BCUT2D eigenvalue weighted by Gasteiger charge is -2.16. The maximum Gasteiger partial charge on any atom is 0.239 e. The summed E-state index contributed by atoms with van der Waals surface area (Å²) in [5.41, 5.74) is 6.89. The minimum atomic E-state index is -0.371. The van der Waals surface area contributed by atoms with Crippen molar-refractivity contribution in [2.75, 3.05) is 24.5 Å². The summed E-state index contributed by atoms with van der Waals surface area (Å²) < 4.78 is 0. The Balaban J connectivity index is 1.87. The van der Waals surface area contributed by atoms with Gasteiger partial charge >= 0.3 is 0 Å². The standard InChI is InChI=1S/C15H20N4O3/c16-8-13(20)18-10-14(21)17-9-11-3-1-4-12(7-11)19-6-2-5-15(19)22/h1,3-4,7H,2,5-6,8-10,16H2,(H,17,21)(H,18,20). The van der Waals surface area contributed by atoms with Gasteiger partial charge in [0.1, 0.15) is 0 Å². The van der Waals surface area contributed by atoms with Crippen molar-refractivity contribution in [3.8, 4) is 0 Å². The number of anilines is 1. The molecule has 0 aliphatic carbocycles. The van der Waals surface area contributed by atoms with Gasteiger partial charge in [-0.3, -0.25) is 14.4 Å². The van der Waals surface area contributed by atoms with Crippen LogP contribution in [0.3, 0.4) is 0 Å². The molecular weight excluding hydrogens is 284 g/mol. The average Bonchev–Trinajstić information content (AvgIpc) is 2.97. The van der Waals surface area contributed by atoms with Crippen molar-refractivity contribution >= 4 is 23.4 Å². The molecule has 1 aliphatic heterocycles. The van der Waals surface area contributed by atoms with Crippen LogP contribution in [0, 0.1) is 0 Å². The summed E-state index contributed by atoms with van der Waals surface area (Å²) in [6.07, 6.45) is 1.46. The van der Waals surface area contributed by atoms with Crippen LogP contribution < -0.4 is 21.3 Å². The molecule has 1 aromatic carbocycles. The van der Waals surface area contributed by atoms with Crippen molar-refractivity contribution in [2.24, 2.45) is 5.73 Å². The summed E-state index contributed by atoms with van der Waals surface area (Å²) in [5, 5.41) is 5.11. The van der Waals surface area contributed by atoms with E-state index in [4.69, 9.17) is 5.73 Å². The van der Waals surface area contributed by atoms with Crippen molar-refractivity contribution in [1.29, 1.82) is 0 Å². The summed E-state index contributed by atoms with van der Waals surface area (Å²) in [6, 6.07) is 7.51. The molecule has 0 unspecified atom stereocenters. The smallest absolute Gasteiger partial charge is 0.239 e. The van der Waals surface area contributed by atoms with E-state index in [2.05, 4.69) is 10.6 Å². The van der Waals surface area contributed by atoms with E-state index < -0.39 is 0 Å². The number of hydrogen-bond donors (Lipinski definition) is 3. The fourth-order valence-electron chi connectivity index (χ4n) is 2.27. The highest BCUT2D eigenvalue weighted by atomic mass is 16.2. The van der Waals surface area contributed by atoms with E-state index in [1.54, 1.807) is 4.90 Å². The zero-order chi connectivity index (χ0) is 15.9. The summed E-state index contributed by atoms with van der Waals surface area (Å²) >= 11 is 0. The van der Waals surface area contributed by atoms with E-state index >= 15 is 0 Å². The quantitative estimate of drug-likeness (QED) is 0.659. The third-order valence-corrected chi connectivity index (χ3v) is 3.42. The van der Waals surface area contributed by atoms with Gasteiger partial charge in [0, 0.05) is 25.2 Å².